The second kappa shape index (κ2) is 8.29. The summed E-state index contributed by atoms with van der Waals surface area (Å²) in [5.74, 6) is 0.467. The molecule has 1 rings (SSSR count). The number of rotatable bonds is 7. The fourth-order valence-electron chi connectivity index (χ4n) is 1.67. The second-order valence-corrected chi connectivity index (χ2v) is 5.84. The molecule has 0 unspecified atom stereocenters. The minimum Gasteiger partial charge on any atom is -0.494 e. The summed E-state index contributed by atoms with van der Waals surface area (Å²) in [4.78, 5) is 23.1. The third kappa shape index (κ3) is 8.68. The van der Waals surface area contributed by atoms with Crippen molar-refractivity contribution in [3.63, 3.8) is 0 Å². The van der Waals surface area contributed by atoms with Gasteiger partial charge in [0, 0.05) is 12.0 Å². The Morgan fingerprint density at radius 1 is 1.10 bits per heavy atom. The van der Waals surface area contributed by atoms with Gasteiger partial charge in [0.05, 0.1) is 13.2 Å². The summed E-state index contributed by atoms with van der Waals surface area (Å²) in [5.41, 5.74) is -0.286. The van der Waals surface area contributed by atoms with E-state index in [-0.39, 0.29) is 23.9 Å². The lowest BCUT2D eigenvalue weighted by Gasteiger charge is -2.20. The molecule has 0 fully saturated rings. The van der Waals surface area contributed by atoms with Crippen LogP contribution in [0.15, 0.2) is 30.3 Å². The first-order valence-electron chi connectivity index (χ1n) is 7.12. The van der Waals surface area contributed by atoms with Crippen LogP contribution in [0, 0.1) is 0 Å². The van der Waals surface area contributed by atoms with E-state index >= 15 is 0 Å². The molecule has 0 aliphatic rings. The molecule has 21 heavy (non-hydrogen) atoms. The molecule has 1 aromatic rings. The van der Waals surface area contributed by atoms with Crippen molar-refractivity contribution in [2.24, 2.45) is 0 Å². The molecule has 0 aromatic heterocycles. The Balaban J connectivity index is 2.10. The largest absolute Gasteiger partial charge is 0.494 e. The Morgan fingerprint density at radius 3 is 2.38 bits per heavy atom. The number of amides is 2. The Bertz CT molecular complexity index is 452. The van der Waals surface area contributed by atoms with Crippen molar-refractivity contribution in [1.29, 1.82) is 0 Å². The lowest BCUT2D eigenvalue weighted by atomic mass is 10.1. The van der Waals surface area contributed by atoms with E-state index in [4.69, 9.17) is 4.74 Å². The Kier molecular flexibility index (Phi) is 6.72. The molecule has 0 saturated carbocycles. The third-order valence-electron chi connectivity index (χ3n) is 2.52. The summed E-state index contributed by atoms with van der Waals surface area (Å²) in [6.07, 6.45) is 0.956. The number of ether oxygens (including phenoxy) is 1. The average molecular weight is 292 g/mol. The van der Waals surface area contributed by atoms with Crippen LogP contribution in [-0.2, 0) is 9.59 Å². The molecule has 116 valence electrons. The first kappa shape index (κ1) is 17.0. The van der Waals surface area contributed by atoms with E-state index in [0.29, 0.717) is 19.4 Å². The molecule has 0 spiro atoms. The minimum absolute atomic E-state index is 0.00957. The maximum absolute atomic E-state index is 11.6. The Morgan fingerprint density at radius 2 is 1.76 bits per heavy atom. The van der Waals surface area contributed by atoms with Crippen molar-refractivity contribution in [3.8, 4) is 5.75 Å². The highest BCUT2D eigenvalue weighted by atomic mass is 16.5. The van der Waals surface area contributed by atoms with E-state index in [1.54, 1.807) is 0 Å². The quantitative estimate of drug-likeness (QED) is 0.754. The fraction of sp³-hybridized carbons (Fsp3) is 0.500. The van der Waals surface area contributed by atoms with Gasteiger partial charge in [-0.25, -0.2) is 0 Å². The highest BCUT2D eigenvalue weighted by molar-refractivity contribution is 5.84. The van der Waals surface area contributed by atoms with Crippen molar-refractivity contribution in [3.05, 3.63) is 30.3 Å². The van der Waals surface area contributed by atoms with Gasteiger partial charge in [0.15, 0.2) is 0 Å². The van der Waals surface area contributed by atoms with Crippen molar-refractivity contribution < 1.29 is 14.3 Å². The maximum Gasteiger partial charge on any atom is 0.239 e. The van der Waals surface area contributed by atoms with Gasteiger partial charge in [0.2, 0.25) is 11.8 Å². The SMILES string of the molecule is CC(C)(C)NC(=O)CNC(=O)CCCOc1ccccc1. The molecule has 0 aliphatic carbocycles. The van der Waals surface area contributed by atoms with E-state index in [9.17, 15) is 9.59 Å². The normalized spacial score (nSPS) is 10.8. The van der Waals surface area contributed by atoms with E-state index in [1.807, 2.05) is 51.1 Å². The van der Waals surface area contributed by atoms with Crippen LogP contribution in [0.2, 0.25) is 0 Å². The third-order valence-corrected chi connectivity index (χ3v) is 2.52. The van der Waals surface area contributed by atoms with E-state index < -0.39 is 0 Å². The monoisotopic (exact) mass is 292 g/mol. The van der Waals surface area contributed by atoms with Crippen LogP contribution in [0.5, 0.6) is 5.75 Å². The zero-order valence-electron chi connectivity index (χ0n) is 12.9. The highest BCUT2D eigenvalue weighted by Crippen LogP contribution is 2.08. The van der Waals surface area contributed by atoms with Gasteiger partial charge >= 0.3 is 0 Å². The van der Waals surface area contributed by atoms with Gasteiger partial charge in [-0.3, -0.25) is 9.59 Å². The number of nitrogens with one attached hydrogen (secondary N) is 2. The Labute approximate surface area is 126 Å². The fourth-order valence-corrected chi connectivity index (χ4v) is 1.67. The van der Waals surface area contributed by atoms with E-state index in [0.717, 1.165) is 5.75 Å². The number of carbonyl (C=O) groups is 2. The van der Waals surface area contributed by atoms with E-state index in [1.165, 1.54) is 0 Å². The molecule has 0 heterocycles. The number of hydrogen-bond donors (Lipinski definition) is 2. The molecule has 2 N–H and O–H groups in total. The predicted octanol–water partition coefficient (Wildman–Crippen LogP) is 1.88. The number of para-hydroxylation sites is 1. The van der Waals surface area contributed by atoms with Crippen molar-refractivity contribution in [2.45, 2.75) is 39.2 Å². The minimum atomic E-state index is -0.286. The van der Waals surface area contributed by atoms with Crippen LogP contribution < -0.4 is 15.4 Å². The highest BCUT2D eigenvalue weighted by Gasteiger charge is 2.13. The van der Waals surface area contributed by atoms with Crippen LogP contribution in [0.1, 0.15) is 33.6 Å². The van der Waals surface area contributed by atoms with Crippen LogP contribution in [0.4, 0.5) is 0 Å². The van der Waals surface area contributed by atoms with Crippen molar-refractivity contribution in [1.82, 2.24) is 10.6 Å². The summed E-state index contributed by atoms with van der Waals surface area (Å²) in [7, 11) is 0. The molecule has 0 atom stereocenters. The first-order valence-corrected chi connectivity index (χ1v) is 7.12. The molecule has 0 radical (unpaired) electrons. The molecule has 2 amide bonds. The van der Waals surface area contributed by atoms with Crippen LogP contribution in [0.3, 0.4) is 0 Å². The summed E-state index contributed by atoms with van der Waals surface area (Å²) in [6.45, 7) is 6.18. The van der Waals surface area contributed by atoms with Crippen LogP contribution >= 0.6 is 0 Å². The molecule has 0 saturated heterocycles. The topological polar surface area (TPSA) is 67.4 Å². The molecule has 0 bridgehead atoms. The predicted molar refractivity (Wildman–Crippen MR) is 82.1 cm³/mol. The van der Waals surface area contributed by atoms with Crippen molar-refractivity contribution in [2.75, 3.05) is 13.2 Å². The smallest absolute Gasteiger partial charge is 0.239 e. The van der Waals surface area contributed by atoms with Crippen molar-refractivity contribution >= 4 is 11.8 Å². The van der Waals surface area contributed by atoms with Gasteiger partial charge in [-0.05, 0) is 39.3 Å². The van der Waals surface area contributed by atoms with Gasteiger partial charge in [-0.2, -0.15) is 0 Å². The van der Waals surface area contributed by atoms with Gasteiger partial charge in [0.1, 0.15) is 5.75 Å². The van der Waals surface area contributed by atoms with Gasteiger partial charge in [0.25, 0.3) is 0 Å². The average Bonchev–Trinajstić information content (AvgIpc) is 2.41. The Hall–Kier alpha value is -2.04. The number of carbonyl (C=O) groups excluding carboxylic acids is 2. The number of benzene rings is 1. The molecular weight excluding hydrogens is 268 g/mol. The van der Waals surface area contributed by atoms with Gasteiger partial charge in [-0.15, -0.1) is 0 Å². The van der Waals surface area contributed by atoms with Gasteiger partial charge < -0.3 is 15.4 Å². The summed E-state index contributed by atoms with van der Waals surface area (Å²) >= 11 is 0. The van der Waals surface area contributed by atoms with Crippen LogP contribution in [-0.4, -0.2) is 30.5 Å². The zero-order valence-corrected chi connectivity index (χ0v) is 12.9. The lowest BCUT2D eigenvalue weighted by molar-refractivity contribution is -0.126. The first-order chi connectivity index (χ1) is 9.87. The molecule has 1 aromatic carbocycles. The number of hydrogen-bond acceptors (Lipinski definition) is 3. The van der Waals surface area contributed by atoms with Gasteiger partial charge in [-0.1, -0.05) is 18.2 Å². The summed E-state index contributed by atoms with van der Waals surface area (Å²) < 4.78 is 5.49. The summed E-state index contributed by atoms with van der Waals surface area (Å²) in [6, 6.07) is 9.46. The molecular formula is C16H24N2O3. The van der Waals surface area contributed by atoms with Crippen LogP contribution in [0.25, 0.3) is 0 Å². The standard InChI is InChI=1S/C16H24N2O3/c1-16(2,3)18-15(20)12-17-14(19)10-7-11-21-13-8-5-4-6-9-13/h4-6,8-9H,7,10-12H2,1-3H3,(H,17,19)(H,18,20). The van der Waals surface area contributed by atoms with E-state index in [2.05, 4.69) is 10.6 Å². The second-order valence-electron chi connectivity index (χ2n) is 5.84. The molecule has 0 aliphatic heterocycles. The lowest BCUT2D eigenvalue weighted by Crippen LogP contribution is -2.45. The summed E-state index contributed by atoms with van der Waals surface area (Å²) in [5, 5.41) is 5.38. The molecule has 5 heteroatoms. The zero-order chi connectivity index (χ0) is 15.7. The molecule has 5 nitrogen and oxygen atoms in total. The maximum atomic E-state index is 11.6.